The van der Waals surface area contributed by atoms with Gasteiger partial charge in [0, 0.05) is 16.4 Å². The van der Waals surface area contributed by atoms with Gasteiger partial charge in [-0.25, -0.2) is 0 Å². The zero-order valence-corrected chi connectivity index (χ0v) is 9.78. The average Bonchev–Trinajstić information content (AvgIpc) is 2.76. The number of halogens is 1. The molecule has 0 atom stereocenters. The van der Waals surface area contributed by atoms with E-state index in [1.807, 2.05) is 0 Å². The number of hydrogen-bond acceptors (Lipinski definition) is 3. The molecule has 0 spiro atoms. The molecule has 5 nitrogen and oxygen atoms in total. The van der Waals surface area contributed by atoms with E-state index in [9.17, 15) is 4.79 Å². The van der Waals surface area contributed by atoms with Crippen molar-refractivity contribution in [3.05, 3.63) is 40.6 Å². The van der Waals surface area contributed by atoms with Crippen LogP contribution in [0.3, 0.4) is 0 Å². The summed E-state index contributed by atoms with van der Waals surface area (Å²) >= 11 is 3.33. The van der Waals surface area contributed by atoms with Gasteiger partial charge in [-0.3, -0.25) is 9.89 Å². The maximum Gasteiger partial charge on any atom is 0.258 e. The summed E-state index contributed by atoms with van der Waals surface area (Å²) in [6.07, 6.45) is 2.98. The van der Waals surface area contributed by atoms with Crippen LogP contribution in [0.5, 0.6) is 0 Å². The summed E-state index contributed by atoms with van der Waals surface area (Å²) in [6.45, 7) is 0. The highest BCUT2D eigenvalue weighted by Gasteiger charge is 2.09. The molecule has 6 heteroatoms. The molecule has 0 unspecified atom stereocenters. The molecule has 0 aliphatic rings. The van der Waals surface area contributed by atoms with Crippen molar-refractivity contribution in [1.29, 1.82) is 0 Å². The van der Waals surface area contributed by atoms with Gasteiger partial charge in [0.25, 0.3) is 5.91 Å². The molecular weight excluding hydrogens is 272 g/mol. The van der Waals surface area contributed by atoms with E-state index in [-0.39, 0.29) is 5.91 Å². The molecule has 0 aliphatic carbocycles. The number of nitrogen functional groups attached to an aromatic ring is 1. The molecule has 0 fully saturated rings. The van der Waals surface area contributed by atoms with Crippen LogP contribution in [0, 0.1) is 0 Å². The number of aromatic nitrogens is 2. The van der Waals surface area contributed by atoms with Crippen LogP contribution >= 0.6 is 15.9 Å². The number of anilines is 2. The fourth-order valence-corrected chi connectivity index (χ4v) is 1.55. The fourth-order valence-electron chi connectivity index (χ4n) is 1.21. The van der Waals surface area contributed by atoms with Crippen LogP contribution in [0.2, 0.25) is 0 Å². The van der Waals surface area contributed by atoms with E-state index < -0.39 is 0 Å². The van der Waals surface area contributed by atoms with Crippen molar-refractivity contribution < 1.29 is 4.79 Å². The predicted octanol–water partition coefficient (Wildman–Crippen LogP) is 2.01. The monoisotopic (exact) mass is 280 g/mol. The third-order valence-corrected chi connectivity index (χ3v) is 2.69. The highest BCUT2D eigenvalue weighted by Crippen LogP contribution is 2.24. The molecule has 2 rings (SSSR count). The summed E-state index contributed by atoms with van der Waals surface area (Å²) in [5.74, 6) is -0.236. The maximum absolute atomic E-state index is 11.7. The van der Waals surface area contributed by atoms with Gasteiger partial charge < -0.3 is 11.1 Å². The Morgan fingerprint density at radius 2 is 2.31 bits per heavy atom. The van der Waals surface area contributed by atoms with E-state index in [2.05, 4.69) is 31.4 Å². The largest absolute Gasteiger partial charge is 0.399 e. The van der Waals surface area contributed by atoms with E-state index in [4.69, 9.17) is 5.73 Å². The number of nitrogens with zero attached hydrogens (tertiary/aromatic N) is 1. The van der Waals surface area contributed by atoms with Crippen LogP contribution < -0.4 is 11.1 Å². The molecule has 4 N–H and O–H groups in total. The lowest BCUT2D eigenvalue weighted by atomic mass is 10.2. The summed E-state index contributed by atoms with van der Waals surface area (Å²) in [7, 11) is 0. The highest BCUT2D eigenvalue weighted by atomic mass is 79.9. The minimum Gasteiger partial charge on any atom is -0.399 e. The van der Waals surface area contributed by atoms with E-state index in [0.717, 1.165) is 4.47 Å². The molecule has 82 valence electrons. The van der Waals surface area contributed by atoms with Crippen LogP contribution in [-0.2, 0) is 0 Å². The minimum atomic E-state index is -0.236. The molecule has 0 radical (unpaired) electrons. The van der Waals surface area contributed by atoms with Crippen molar-refractivity contribution in [1.82, 2.24) is 10.2 Å². The Morgan fingerprint density at radius 1 is 1.50 bits per heavy atom. The van der Waals surface area contributed by atoms with Gasteiger partial charge in [0.1, 0.15) is 0 Å². The standard InChI is InChI=1S/C10H9BrN4O/c11-8-2-1-7(12)3-9(8)15-10(16)6-4-13-14-5-6/h1-5H,12H2,(H,13,14)(H,15,16). The summed E-state index contributed by atoms with van der Waals surface area (Å²) in [6, 6.07) is 5.21. The quantitative estimate of drug-likeness (QED) is 0.736. The number of nitrogens with two attached hydrogens (primary N) is 1. The van der Waals surface area contributed by atoms with Gasteiger partial charge in [0.05, 0.1) is 17.4 Å². The minimum absolute atomic E-state index is 0.236. The fraction of sp³-hybridized carbons (Fsp3) is 0. The van der Waals surface area contributed by atoms with Crippen LogP contribution in [0.4, 0.5) is 11.4 Å². The van der Waals surface area contributed by atoms with Crippen LogP contribution in [0.1, 0.15) is 10.4 Å². The molecule has 1 heterocycles. The molecule has 1 aromatic heterocycles. The molecule has 0 saturated heterocycles. The van der Waals surface area contributed by atoms with E-state index in [0.29, 0.717) is 16.9 Å². The van der Waals surface area contributed by atoms with Gasteiger partial charge in [-0.15, -0.1) is 0 Å². The number of H-pyrrole nitrogens is 1. The first-order valence-electron chi connectivity index (χ1n) is 4.52. The number of nitrogens with one attached hydrogen (secondary N) is 2. The van der Waals surface area contributed by atoms with Crippen molar-refractivity contribution in [2.45, 2.75) is 0 Å². The van der Waals surface area contributed by atoms with Crippen LogP contribution in [0.15, 0.2) is 35.1 Å². The van der Waals surface area contributed by atoms with E-state index in [1.54, 1.807) is 18.2 Å². The smallest absolute Gasteiger partial charge is 0.258 e. The Bertz CT molecular complexity index is 510. The number of rotatable bonds is 2. The van der Waals surface area contributed by atoms with E-state index >= 15 is 0 Å². The molecular formula is C10H9BrN4O. The highest BCUT2D eigenvalue weighted by molar-refractivity contribution is 9.10. The zero-order valence-electron chi connectivity index (χ0n) is 8.20. The second-order valence-electron chi connectivity index (χ2n) is 3.18. The third-order valence-electron chi connectivity index (χ3n) is 2.00. The Hall–Kier alpha value is -1.82. The summed E-state index contributed by atoms with van der Waals surface area (Å²) in [4.78, 5) is 11.7. The normalized spacial score (nSPS) is 10.1. The van der Waals surface area contributed by atoms with Crippen LogP contribution in [0.25, 0.3) is 0 Å². The SMILES string of the molecule is Nc1ccc(Br)c(NC(=O)c2cn[nH]c2)c1. The number of aromatic amines is 1. The lowest BCUT2D eigenvalue weighted by Gasteiger charge is -2.06. The van der Waals surface area contributed by atoms with Gasteiger partial charge in [-0.2, -0.15) is 5.10 Å². The Labute approximate surface area is 100 Å². The van der Waals surface area contributed by atoms with Gasteiger partial charge in [-0.05, 0) is 34.1 Å². The van der Waals surface area contributed by atoms with Crippen molar-refractivity contribution in [3.8, 4) is 0 Å². The number of carbonyl (C=O) groups is 1. The molecule has 0 saturated carbocycles. The molecule has 0 aliphatic heterocycles. The van der Waals surface area contributed by atoms with Crippen molar-refractivity contribution in [2.24, 2.45) is 0 Å². The van der Waals surface area contributed by atoms with Crippen molar-refractivity contribution >= 4 is 33.2 Å². The number of amides is 1. The topological polar surface area (TPSA) is 83.8 Å². The summed E-state index contributed by atoms with van der Waals surface area (Å²) in [5.41, 5.74) is 7.32. The number of benzene rings is 1. The molecule has 0 bridgehead atoms. The first-order valence-corrected chi connectivity index (χ1v) is 5.31. The summed E-state index contributed by atoms with van der Waals surface area (Å²) in [5, 5.41) is 9.01. The van der Waals surface area contributed by atoms with Crippen LogP contribution in [-0.4, -0.2) is 16.1 Å². The maximum atomic E-state index is 11.7. The Morgan fingerprint density at radius 3 is 3.00 bits per heavy atom. The Balaban J connectivity index is 2.21. The van der Waals surface area contributed by atoms with Gasteiger partial charge in [-0.1, -0.05) is 0 Å². The average molecular weight is 281 g/mol. The lowest BCUT2D eigenvalue weighted by Crippen LogP contribution is -2.11. The zero-order chi connectivity index (χ0) is 11.5. The van der Waals surface area contributed by atoms with Gasteiger partial charge >= 0.3 is 0 Å². The molecule has 1 aromatic carbocycles. The first kappa shape index (κ1) is 10.7. The van der Waals surface area contributed by atoms with Crippen molar-refractivity contribution in [2.75, 3.05) is 11.1 Å². The first-order chi connectivity index (χ1) is 7.66. The molecule has 1 amide bonds. The van der Waals surface area contributed by atoms with Gasteiger partial charge in [0.2, 0.25) is 0 Å². The number of hydrogen-bond donors (Lipinski definition) is 3. The number of carbonyl (C=O) groups excluding carboxylic acids is 1. The lowest BCUT2D eigenvalue weighted by molar-refractivity contribution is 0.102. The molecule has 16 heavy (non-hydrogen) atoms. The predicted molar refractivity (Wildman–Crippen MR) is 65.1 cm³/mol. The Kier molecular flexibility index (Phi) is 2.91. The second kappa shape index (κ2) is 4.36. The van der Waals surface area contributed by atoms with Crippen molar-refractivity contribution in [3.63, 3.8) is 0 Å². The summed E-state index contributed by atoms with van der Waals surface area (Å²) < 4.78 is 0.776. The molecule has 2 aromatic rings. The van der Waals surface area contributed by atoms with E-state index in [1.165, 1.54) is 12.4 Å². The van der Waals surface area contributed by atoms with Gasteiger partial charge in [0.15, 0.2) is 0 Å². The third kappa shape index (κ3) is 2.22. The second-order valence-corrected chi connectivity index (χ2v) is 4.03.